The number of aromatic nitrogens is 1. The average molecular weight is 416 g/mol. The fraction of sp³-hybridized carbons (Fsp3) is 0.455. The minimum absolute atomic E-state index is 0.198. The molecule has 1 aromatic carbocycles. The van der Waals surface area contributed by atoms with Crippen LogP contribution in [-0.2, 0) is 0 Å². The van der Waals surface area contributed by atoms with Gasteiger partial charge in [-0.15, -0.1) is 0 Å². The lowest BCUT2D eigenvalue weighted by Gasteiger charge is -2.40. The highest BCUT2D eigenvalue weighted by atomic mass is 32.2. The maximum absolute atomic E-state index is 13.2. The Morgan fingerprint density at radius 3 is 2.34 bits per heavy atom. The Balaban J connectivity index is 1.52. The number of piperidine rings is 1. The summed E-state index contributed by atoms with van der Waals surface area (Å²) in [4.78, 5) is 30.6. The number of rotatable bonds is 3. The minimum atomic E-state index is -0.361. The predicted molar refractivity (Wildman–Crippen MR) is 115 cm³/mol. The molecule has 154 valence electrons. The van der Waals surface area contributed by atoms with E-state index in [0.717, 1.165) is 25.9 Å². The van der Waals surface area contributed by atoms with Crippen molar-refractivity contribution in [2.24, 2.45) is 0 Å². The van der Waals surface area contributed by atoms with Crippen molar-refractivity contribution in [1.82, 2.24) is 14.4 Å². The second kappa shape index (κ2) is 8.71. The van der Waals surface area contributed by atoms with Crippen LogP contribution in [0.2, 0.25) is 0 Å². The van der Waals surface area contributed by atoms with Crippen molar-refractivity contribution < 1.29 is 9.18 Å². The van der Waals surface area contributed by atoms with Crippen molar-refractivity contribution in [3.63, 3.8) is 0 Å². The number of nitrogens with zero attached hydrogens (tertiary/aromatic N) is 3. The Hall–Kier alpha value is -2.12. The SMILES string of the molecule is Cc1ccn(-c2ccc(F)cc2)c(=O)c1C(=O)N1CCC(N2CCSCC2)CC1. The van der Waals surface area contributed by atoms with Gasteiger partial charge in [0.15, 0.2) is 0 Å². The van der Waals surface area contributed by atoms with Gasteiger partial charge in [-0.1, -0.05) is 0 Å². The largest absolute Gasteiger partial charge is 0.338 e. The zero-order valence-electron chi connectivity index (χ0n) is 16.6. The second-order valence-electron chi connectivity index (χ2n) is 7.70. The summed E-state index contributed by atoms with van der Waals surface area (Å²) in [5.41, 5.74) is 1.09. The van der Waals surface area contributed by atoms with Crippen LogP contribution in [0.3, 0.4) is 0 Å². The standard InChI is InChI=1S/C22H26FN3O2S/c1-16-6-11-26(19-4-2-17(23)3-5-19)22(28)20(16)21(27)25-9-7-18(8-10-25)24-12-14-29-15-13-24/h2-6,11,18H,7-10,12-15H2,1H3. The number of pyridine rings is 1. The van der Waals surface area contributed by atoms with E-state index in [0.29, 0.717) is 30.4 Å². The summed E-state index contributed by atoms with van der Waals surface area (Å²) in [7, 11) is 0. The number of hydrogen-bond acceptors (Lipinski definition) is 4. The van der Waals surface area contributed by atoms with E-state index in [1.807, 2.05) is 16.7 Å². The molecule has 1 aromatic heterocycles. The van der Waals surface area contributed by atoms with Gasteiger partial charge in [-0.05, 0) is 55.7 Å². The zero-order chi connectivity index (χ0) is 20.4. The van der Waals surface area contributed by atoms with Gasteiger partial charge in [-0.2, -0.15) is 11.8 Å². The van der Waals surface area contributed by atoms with Crippen LogP contribution in [0, 0.1) is 12.7 Å². The van der Waals surface area contributed by atoms with Crippen molar-refractivity contribution in [3.8, 4) is 5.69 Å². The molecule has 0 spiro atoms. The van der Waals surface area contributed by atoms with Crippen LogP contribution in [-0.4, -0.2) is 64.0 Å². The van der Waals surface area contributed by atoms with Crippen molar-refractivity contribution in [1.29, 1.82) is 0 Å². The molecule has 7 heteroatoms. The molecule has 0 aliphatic carbocycles. The fourth-order valence-corrected chi connectivity index (χ4v) is 5.16. The van der Waals surface area contributed by atoms with Gasteiger partial charge in [-0.25, -0.2) is 4.39 Å². The molecule has 29 heavy (non-hydrogen) atoms. The molecule has 2 saturated heterocycles. The molecule has 0 N–H and O–H groups in total. The molecule has 2 fully saturated rings. The highest BCUT2D eigenvalue weighted by Crippen LogP contribution is 2.22. The van der Waals surface area contributed by atoms with E-state index < -0.39 is 0 Å². The van der Waals surface area contributed by atoms with Crippen LogP contribution in [0.15, 0.2) is 41.3 Å². The van der Waals surface area contributed by atoms with Gasteiger partial charge < -0.3 is 4.90 Å². The van der Waals surface area contributed by atoms with Crippen molar-refractivity contribution in [2.45, 2.75) is 25.8 Å². The summed E-state index contributed by atoms with van der Waals surface area (Å²) in [6, 6.07) is 8.02. The third-order valence-electron chi connectivity index (χ3n) is 5.93. The van der Waals surface area contributed by atoms with E-state index in [9.17, 15) is 14.0 Å². The lowest BCUT2D eigenvalue weighted by molar-refractivity contribution is 0.0628. The average Bonchev–Trinajstić information content (AvgIpc) is 2.75. The highest BCUT2D eigenvalue weighted by molar-refractivity contribution is 7.99. The molecular weight excluding hydrogens is 389 g/mol. The molecule has 0 unspecified atom stereocenters. The molecule has 4 rings (SSSR count). The van der Waals surface area contributed by atoms with Crippen LogP contribution in [0.4, 0.5) is 4.39 Å². The van der Waals surface area contributed by atoms with Gasteiger partial charge in [0.1, 0.15) is 11.4 Å². The van der Waals surface area contributed by atoms with E-state index in [2.05, 4.69) is 4.90 Å². The van der Waals surface area contributed by atoms with Gasteiger partial charge >= 0.3 is 0 Å². The van der Waals surface area contributed by atoms with Gasteiger partial charge in [0.25, 0.3) is 11.5 Å². The van der Waals surface area contributed by atoms with Crippen molar-refractivity contribution >= 4 is 17.7 Å². The Kier molecular flexibility index (Phi) is 6.06. The zero-order valence-corrected chi connectivity index (χ0v) is 17.5. The number of aryl methyl sites for hydroxylation is 1. The van der Waals surface area contributed by atoms with E-state index in [1.54, 1.807) is 31.3 Å². The van der Waals surface area contributed by atoms with Crippen LogP contribution >= 0.6 is 11.8 Å². The molecule has 0 bridgehead atoms. The highest BCUT2D eigenvalue weighted by Gasteiger charge is 2.30. The first-order valence-corrected chi connectivity index (χ1v) is 11.3. The Bertz CT molecular complexity index is 930. The first kappa shape index (κ1) is 20.2. The van der Waals surface area contributed by atoms with Crippen LogP contribution in [0.25, 0.3) is 5.69 Å². The fourth-order valence-electron chi connectivity index (χ4n) is 4.23. The summed E-state index contributed by atoms with van der Waals surface area (Å²) >= 11 is 2.00. The second-order valence-corrected chi connectivity index (χ2v) is 8.92. The van der Waals surface area contributed by atoms with Gasteiger partial charge in [-0.3, -0.25) is 19.1 Å². The quantitative estimate of drug-likeness (QED) is 0.773. The van der Waals surface area contributed by atoms with Gasteiger partial charge in [0.05, 0.1) is 0 Å². The van der Waals surface area contributed by atoms with E-state index in [1.165, 1.54) is 28.2 Å². The summed E-state index contributed by atoms with van der Waals surface area (Å²) in [6.07, 6.45) is 3.55. The Labute approximate surface area is 174 Å². The van der Waals surface area contributed by atoms with Crippen molar-refractivity contribution in [3.05, 3.63) is 63.8 Å². The maximum atomic E-state index is 13.2. The number of thioether (sulfide) groups is 1. The van der Waals surface area contributed by atoms with Crippen molar-refractivity contribution in [2.75, 3.05) is 37.7 Å². The van der Waals surface area contributed by atoms with Gasteiger partial charge in [0, 0.05) is 55.6 Å². The number of amides is 1. The molecule has 2 aliphatic rings. The third-order valence-corrected chi connectivity index (χ3v) is 6.88. The normalized spacial score (nSPS) is 18.8. The van der Waals surface area contributed by atoms with Gasteiger partial charge in [0.2, 0.25) is 0 Å². The smallest absolute Gasteiger partial charge is 0.268 e. The number of carbonyl (C=O) groups excluding carboxylic acids is 1. The number of benzene rings is 1. The number of carbonyl (C=O) groups is 1. The van der Waals surface area contributed by atoms with E-state index in [4.69, 9.17) is 0 Å². The lowest BCUT2D eigenvalue weighted by Crippen LogP contribution is -2.49. The molecule has 0 saturated carbocycles. The molecule has 3 heterocycles. The van der Waals surface area contributed by atoms with Crippen LogP contribution < -0.4 is 5.56 Å². The van der Waals surface area contributed by atoms with Crippen LogP contribution in [0.1, 0.15) is 28.8 Å². The molecule has 2 aliphatic heterocycles. The Morgan fingerprint density at radius 1 is 1.03 bits per heavy atom. The molecular formula is C22H26FN3O2S. The number of hydrogen-bond donors (Lipinski definition) is 0. The summed E-state index contributed by atoms with van der Waals surface area (Å²) in [5, 5.41) is 0. The number of halogens is 1. The Morgan fingerprint density at radius 2 is 1.69 bits per heavy atom. The predicted octanol–water partition coefficient (Wildman–Crippen LogP) is 2.94. The topological polar surface area (TPSA) is 45.6 Å². The van der Waals surface area contributed by atoms with Crippen LogP contribution in [0.5, 0.6) is 0 Å². The lowest BCUT2D eigenvalue weighted by atomic mass is 10.0. The monoisotopic (exact) mass is 415 g/mol. The minimum Gasteiger partial charge on any atom is -0.338 e. The third kappa shape index (κ3) is 4.26. The summed E-state index contributed by atoms with van der Waals surface area (Å²) < 4.78 is 14.6. The summed E-state index contributed by atoms with van der Waals surface area (Å²) in [5.74, 6) is 1.81. The first-order valence-electron chi connectivity index (χ1n) is 10.1. The van der Waals surface area contributed by atoms with E-state index in [-0.39, 0.29) is 22.8 Å². The molecule has 5 nitrogen and oxygen atoms in total. The first-order chi connectivity index (χ1) is 14.0. The number of likely N-dealkylation sites (tertiary alicyclic amines) is 1. The van der Waals surface area contributed by atoms with E-state index >= 15 is 0 Å². The molecule has 0 atom stereocenters. The molecule has 1 amide bonds. The summed E-state index contributed by atoms with van der Waals surface area (Å²) in [6.45, 7) is 5.41. The maximum Gasteiger partial charge on any atom is 0.268 e. The molecule has 0 radical (unpaired) electrons. The molecule has 2 aromatic rings.